The third-order valence-corrected chi connectivity index (χ3v) is 2.90. The summed E-state index contributed by atoms with van der Waals surface area (Å²) in [4.78, 5) is 0. The topological polar surface area (TPSA) is 41.5 Å². The van der Waals surface area contributed by atoms with Crippen LogP contribution in [-0.2, 0) is 6.54 Å². The van der Waals surface area contributed by atoms with E-state index in [1.807, 2.05) is 12.1 Å². The van der Waals surface area contributed by atoms with Gasteiger partial charge >= 0.3 is 0 Å². The maximum absolute atomic E-state index is 9.11. The average molecular weight is 235 g/mol. The van der Waals surface area contributed by atoms with Crippen LogP contribution in [-0.4, -0.2) is 23.9 Å². The predicted molar refractivity (Wildman–Crippen MR) is 68.1 cm³/mol. The molecule has 1 saturated carbocycles. The van der Waals surface area contributed by atoms with E-state index in [4.69, 9.17) is 9.84 Å². The quantitative estimate of drug-likeness (QED) is 0.760. The number of ether oxygens (including phenoxy) is 1. The molecule has 0 heterocycles. The third kappa shape index (κ3) is 4.75. The van der Waals surface area contributed by atoms with Crippen molar-refractivity contribution >= 4 is 0 Å². The summed E-state index contributed by atoms with van der Waals surface area (Å²) in [6.07, 6.45) is 3.02. The summed E-state index contributed by atoms with van der Waals surface area (Å²) in [5, 5.41) is 12.6. The van der Waals surface area contributed by atoms with E-state index < -0.39 is 0 Å². The first kappa shape index (κ1) is 12.4. The molecule has 1 atom stereocenters. The molecule has 3 heteroatoms. The number of benzene rings is 1. The van der Waals surface area contributed by atoms with Gasteiger partial charge in [-0.05, 0) is 37.5 Å². The van der Waals surface area contributed by atoms with Crippen LogP contribution in [0.15, 0.2) is 24.3 Å². The van der Waals surface area contributed by atoms with E-state index in [9.17, 15) is 0 Å². The average Bonchev–Trinajstić information content (AvgIpc) is 3.11. The van der Waals surface area contributed by atoms with Crippen LogP contribution in [0.25, 0.3) is 0 Å². The lowest BCUT2D eigenvalue weighted by Crippen LogP contribution is -2.15. The Hall–Kier alpha value is -1.06. The number of hydrogen-bond donors (Lipinski definition) is 2. The van der Waals surface area contributed by atoms with Crippen LogP contribution in [0.3, 0.4) is 0 Å². The lowest BCUT2D eigenvalue weighted by Gasteiger charge is -2.08. The molecule has 1 fully saturated rings. The number of nitrogens with one attached hydrogen (secondary N) is 1. The van der Waals surface area contributed by atoms with Gasteiger partial charge in [0.2, 0.25) is 0 Å². The Labute approximate surface area is 103 Å². The summed E-state index contributed by atoms with van der Waals surface area (Å²) in [6, 6.07) is 8.91. The Morgan fingerprint density at radius 2 is 2.06 bits per heavy atom. The van der Waals surface area contributed by atoms with Gasteiger partial charge in [-0.3, -0.25) is 0 Å². The zero-order valence-electron chi connectivity index (χ0n) is 10.4. The zero-order valence-corrected chi connectivity index (χ0v) is 10.4. The molecule has 1 aromatic rings. The van der Waals surface area contributed by atoms with Crippen molar-refractivity contribution in [1.29, 1.82) is 0 Å². The Kier molecular flexibility index (Phi) is 4.40. The highest BCUT2D eigenvalue weighted by atomic mass is 16.5. The zero-order chi connectivity index (χ0) is 12.1. The van der Waals surface area contributed by atoms with Gasteiger partial charge in [0.05, 0.1) is 12.7 Å². The van der Waals surface area contributed by atoms with Gasteiger partial charge < -0.3 is 15.2 Å². The van der Waals surface area contributed by atoms with E-state index in [1.165, 1.54) is 18.4 Å². The highest BCUT2D eigenvalue weighted by molar-refractivity contribution is 5.27. The highest BCUT2D eigenvalue weighted by Gasteiger charge is 2.19. The molecule has 1 unspecified atom stereocenters. The molecule has 1 aliphatic carbocycles. The molecule has 1 aliphatic rings. The summed E-state index contributed by atoms with van der Waals surface area (Å²) in [5.41, 5.74) is 1.29. The number of aliphatic hydroxyl groups is 1. The van der Waals surface area contributed by atoms with Crippen molar-refractivity contribution in [2.24, 2.45) is 0 Å². The first-order valence-corrected chi connectivity index (χ1v) is 6.37. The SMILES string of the molecule is CC(O)CCOc1ccc(CNC2CC2)cc1. The summed E-state index contributed by atoms with van der Waals surface area (Å²) >= 11 is 0. The van der Waals surface area contributed by atoms with Gasteiger partial charge in [-0.25, -0.2) is 0 Å². The molecular formula is C14H21NO2. The lowest BCUT2D eigenvalue weighted by molar-refractivity contribution is 0.155. The van der Waals surface area contributed by atoms with Crippen LogP contribution in [0.2, 0.25) is 0 Å². The molecule has 2 rings (SSSR count). The minimum absolute atomic E-state index is 0.294. The van der Waals surface area contributed by atoms with E-state index in [0.717, 1.165) is 18.3 Å². The van der Waals surface area contributed by atoms with Gasteiger partial charge in [-0.2, -0.15) is 0 Å². The Bertz CT molecular complexity index is 331. The molecule has 3 nitrogen and oxygen atoms in total. The summed E-state index contributed by atoms with van der Waals surface area (Å²) in [5.74, 6) is 0.876. The van der Waals surface area contributed by atoms with Crippen molar-refractivity contribution < 1.29 is 9.84 Å². The number of aliphatic hydroxyl groups excluding tert-OH is 1. The van der Waals surface area contributed by atoms with Crippen LogP contribution >= 0.6 is 0 Å². The number of rotatable bonds is 7. The largest absolute Gasteiger partial charge is 0.493 e. The van der Waals surface area contributed by atoms with E-state index in [-0.39, 0.29) is 6.10 Å². The van der Waals surface area contributed by atoms with Crippen molar-refractivity contribution in [3.05, 3.63) is 29.8 Å². The van der Waals surface area contributed by atoms with Gasteiger partial charge in [0.1, 0.15) is 5.75 Å². The van der Waals surface area contributed by atoms with Crippen LogP contribution < -0.4 is 10.1 Å². The second-order valence-corrected chi connectivity index (χ2v) is 4.79. The molecule has 0 aromatic heterocycles. The van der Waals surface area contributed by atoms with Gasteiger partial charge in [0.25, 0.3) is 0 Å². The maximum Gasteiger partial charge on any atom is 0.119 e. The van der Waals surface area contributed by atoms with Crippen LogP contribution in [0.4, 0.5) is 0 Å². The first-order valence-electron chi connectivity index (χ1n) is 6.37. The molecule has 0 spiro atoms. The van der Waals surface area contributed by atoms with Gasteiger partial charge in [-0.1, -0.05) is 12.1 Å². The second kappa shape index (κ2) is 6.03. The molecule has 1 aromatic carbocycles. The Balaban J connectivity index is 1.72. The van der Waals surface area contributed by atoms with E-state index in [0.29, 0.717) is 13.0 Å². The van der Waals surface area contributed by atoms with Crippen molar-refractivity contribution in [3.8, 4) is 5.75 Å². The fraction of sp³-hybridized carbons (Fsp3) is 0.571. The lowest BCUT2D eigenvalue weighted by atomic mass is 10.2. The van der Waals surface area contributed by atoms with Crippen molar-refractivity contribution in [2.45, 2.75) is 44.9 Å². The van der Waals surface area contributed by atoms with Crippen molar-refractivity contribution in [2.75, 3.05) is 6.61 Å². The molecular weight excluding hydrogens is 214 g/mol. The van der Waals surface area contributed by atoms with E-state index >= 15 is 0 Å². The van der Waals surface area contributed by atoms with Crippen LogP contribution in [0.1, 0.15) is 31.7 Å². The Morgan fingerprint density at radius 3 is 2.65 bits per heavy atom. The standard InChI is InChI=1S/C14H21NO2/c1-11(16)8-9-17-14-6-2-12(3-7-14)10-15-13-4-5-13/h2-3,6-7,11,13,15-16H,4-5,8-10H2,1H3. The van der Waals surface area contributed by atoms with Gasteiger partial charge in [-0.15, -0.1) is 0 Å². The molecule has 17 heavy (non-hydrogen) atoms. The normalized spacial score (nSPS) is 16.8. The molecule has 0 bridgehead atoms. The molecule has 94 valence electrons. The molecule has 0 radical (unpaired) electrons. The fourth-order valence-corrected chi connectivity index (χ4v) is 1.60. The summed E-state index contributed by atoms with van der Waals surface area (Å²) in [7, 11) is 0. The minimum atomic E-state index is -0.294. The molecule has 0 saturated heterocycles. The van der Waals surface area contributed by atoms with Crippen molar-refractivity contribution in [3.63, 3.8) is 0 Å². The van der Waals surface area contributed by atoms with Crippen LogP contribution in [0.5, 0.6) is 5.75 Å². The smallest absolute Gasteiger partial charge is 0.119 e. The van der Waals surface area contributed by atoms with Crippen molar-refractivity contribution in [1.82, 2.24) is 5.32 Å². The monoisotopic (exact) mass is 235 g/mol. The highest BCUT2D eigenvalue weighted by Crippen LogP contribution is 2.20. The molecule has 0 amide bonds. The molecule has 2 N–H and O–H groups in total. The Morgan fingerprint density at radius 1 is 1.35 bits per heavy atom. The third-order valence-electron chi connectivity index (χ3n) is 2.90. The predicted octanol–water partition coefficient (Wildman–Crippen LogP) is 2.09. The first-order chi connectivity index (χ1) is 8.24. The minimum Gasteiger partial charge on any atom is -0.493 e. The van der Waals surface area contributed by atoms with Crippen LogP contribution in [0, 0.1) is 0 Å². The second-order valence-electron chi connectivity index (χ2n) is 4.79. The molecule has 0 aliphatic heterocycles. The number of hydrogen-bond acceptors (Lipinski definition) is 3. The maximum atomic E-state index is 9.11. The van der Waals surface area contributed by atoms with Gasteiger partial charge in [0.15, 0.2) is 0 Å². The van der Waals surface area contributed by atoms with E-state index in [2.05, 4.69) is 17.4 Å². The fourth-order valence-electron chi connectivity index (χ4n) is 1.60. The summed E-state index contributed by atoms with van der Waals surface area (Å²) in [6.45, 7) is 3.28. The van der Waals surface area contributed by atoms with Gasteiger partial charge in [0, 0.05) is 19.0 Å². The van der Waals surface area contributed by atoms with E-state index in [1.54, 1.807) is 6.92 Å². The summed E-state index contributed by atoms with van der Waals surface area (Å²) < 4.78 is 5.53.